The van der Waals surface area contributed by atoms with Crippen LogP contribution in [0.3, 0.4) is 0 Å². The van der Waals surface area contributed by atoms with Gasteiger partial charge in [-0.2, -0.15) is 0 Å². The molecule has 1 aromatic carbocycles. The number of ether oxygens (including phenoxy) is 1. The number of nitrogens with two attached hydrogens (primary N) is 1. The van der Waals surface area contributed by atoms with E-state index in [1.54, 1.807) is 19.1 Å². The van der Waals surface area contributed by atoms with Gasteiger partial charge in [0.1, 0.15) is 5.82 Å². The lowest BCUT2D eigenvalue weighted by Crippen LogP contribution is -2.46. The molecule has 0 bridgehead atoms. The first-order valence-corrected chi connectivity index (χ1v) is 7.21. The number of esters is 1. The van der Waals surface area contributed by atoms with Crippen molar-refractivity contribution in [1.29, 1.82) is 0 Å². The number of methoxy groups -OCH3 is 1. The summed E-state index contributed by atoms with van der Waals surface area (Å²) in [6, 6.07) is 5.21. The van der Waals surface area contributed by atoms with E-state index in [4.69, 9.17) is 5.73 Å². The number of halogens is 1. The lowest BCUT2D eigenvalue weighted by atomic mass is 10.0. The molecular formula is C16H23FN2O3. The summed E-state index contributed by atoms with van der Waals surface area (Å²) in [6.45, 7) is 3.51. The zero-order chi connectivity index (χ0) is 16.7. The first-order chi connectivity index (χ1) is 10.3. The second-order valence-corrected chi connectivity index (χ2v) is 5.51. The van der Waals surface area contributed by atoms with Crippen LogP contribution in [0.15, 0.2) is 24.3 Å². The summed E-state index contributed by atoms with van der Waals surface area (Å²) >= 11 is 0. The Balaban J connectivity index is 2.45. The number of carbonyl (C=O) groups excluding carboxylic acids is 2. The first-order valence-electron chi connectivity index (χ1n) is 7.21. The van der Waals surface area contributed by atoms with Gasteiger partial charge in [-0.05, 0) is 37.5 Å². The van der Waals surface area contributed by atoms with E-state index in [2.05, 4.69) is 10.1 Å². The Labute approximate surface area is 130 Å². The van der Waals surface area contributed by atoms with E-state index in [0.29, 0.717) is 6.42 Å². The molecule has 122 valence electrons. The topological polar surface area (TPSA) is 81.4 Å². The second kappa shape index (κ2) is 8.48. The van der Waals surface area contributed by atoms with Gasteiger partial charge in [0.05, 0.1) is 19.1 Å². The van der Waals surface area contributed by atoms with E-state index in [1.165, 1.54) is 19.2 Å². The maximum atomic E-state index is 12.8. The zero-order valence-electron chi connectivity index (χ0n) is 13.1. The molecule has 1 amide bonds. The number of carbonyl (C=O) groups is 2. The van der Waals surface area contributed by atoms with Crippen molar-refractivity contribution in [3.8, 4) is 0 Å². The fraction of sp³-hybridized carbons (Fsp3) is 0.500. The van der Waals surface area contributed by atoms with Crippen molar-refractivity contribution in [2.75, 3.05) is 7.11 Å². The van der Waals surface area contributed by atoms with Gasteiger partial charge in [0.15, 0.2) is 0 Å². The number of hydrogen-bond donors (Lipinski definition) is 2. The van der Waals surface area contributed by atoms with Gasteiger partial charge < -0.3 is 15.8 Å². The summed E-state index contributed by atoms with van der Waals surface area (Å²) < 4.78 is 17.4. The van der Waals surface area contributed by atoms with E-state index >= 15 is 0 Å². The SMILES string of the molecule is COC(=O)[C@@H](C)C[C@H](N)C(=O)NC(C)Cc1ccc(F)cc1. The third-order valence-corrected chi connectivity index (χ3v) is 3.39. The standard InChI is InChI=1S/C16H23FN2O3/c1-10(16(21)22-3)8-14(18)15(20)19-11(2)9-12-4-6-13(17)7-5-12/h4-7,10-11,14H,8-9,18H2,1-3H3,(H,19,20)/t10-,11?,14-/m0/s1. The van der Waals surface area contributed by atoms with Crippen LogP contribution in [-0.2, 0) is 20.7 Å². The molecular weight excluding hydrogens is 287 g/mol. The summed E-state index contributed by atoms with van der Waals surface area (Å²) in [5.41, 5.74) is 6.72. The molecule has 0 saturated heterocycles. The summed E-state index contributed by atoms with van der Waals surface area (Å²) in [5, 5.41) is 2.80. The van der Waals surface area contributed by atoms with E-state index in [0.717, 1.165) is 5.56 Å². The van der Waals surface area contributed by atoms with Gasteiger partial charge in [-0.1, -0.05) is 19.1 Å². The smallest absolute Gasteiger partial charge is 0.308 e. The van der Waals surface area contributed by atoms with Crippen molar-refractivity contribution in [3.05, 3.63) is 35.6 Å². The number of rotatable bonds is 7. The van der Waals surface area contributed by atoms with Crippen LogP contribution in [0.2, 0.25) is 0 Å². The average molecular weight is 310 g/mol. The van der Waals surface area contributed by atoms with Crippen LogP contribution in [0.1, 0.15) is 25.8 Å². The Morgan fingerprint density at radius 1 is 1.27 bits per heavy atom. The number of hydrogen-bond acceptors (Lipinski definition) is 4. The minimum atomic E-state index is -0.773. The first kappa shape index (κ1) is 18.1. The Bertz CT molecular complexity index is 505. The molecule has 5 nitrogen and oxygen atoms in total. The van der Waals surface area contributed by atoms with Crippen molar-refractivity contribution in [3.63, 3.8) is 0 Å². The molecule has 0 aromatic heterocycles. The highest BCUT2D eigenvalue weighted by molar-refractivity contribution is 5.82. The highest BCUT2D eigenvalue weighted by Gasteiger charge is 2.22. The molecule has 3 atom stereocenters. The average Bonchev–Trinajstić information content (AvgIpc) is 2.48. The largest absolute Gasteiger partial charge is 0.469 e. The molecule has 6 heteroatoms. The highest BCUT2D eigenvalue weighted by Crippen LogP contribution is 2.08. The fourth-order valence-electron chi connectivity index (χ4n) is 2.16. The van der Waals surface area contributed by atoms with Gasteiger partial charge in [-0.25, -0.2) is 4.39 Å². The van der Waals surface area contributed by atoms with Crippen molar-refractivity contribution in [1.82, 2.24) is 5.32 Å². The summed E-state index contributed by atoms with van der Waals surface area (Å²) in [6.07, 6.45) is 0.799. The third-order valence-electron chi connectivity index (χ3n) is 3.39. The molecule has 1 rings (SSSR count). The zero-order valence-corrected chi connectivity index (χ0v) is 13.1. The van der Waals surface area contributed by atoms with Gasteiger partial charge in [0.25, 0.3) is 0 Å². The Kier molecular flexibility index (Phi) is 6.98. The Morgan fingerprint density at radius 2 is 1.86 bits per heavy atom. The maximum Gasteiger partial charge on any atom is 0.308 e. The quantitative estimate of drug-likeness (QED) is 0.746. The molecule has 0 aliphatic heterocycles. The van der Waals surface area contributed by atoms with Crippen LogP contribution in [-0.4, -0.2) is 31.1 Å². The molecule has 0 fully saturated rings. The van der Waals surface area contributed by atoms with Crippen LogP contribution in [0.5, 0.6) is 0 Å². The number of benzene rings is 1. The third kappa shape index (κ3) is 5.81. The van der Waals surface area contributed by atoms with Crippen molar-refractivity contribution < 1.29 is 18.7 Å². The summed E-state index contributed by atoms with van der Waals surface area (Å²) in [7, 11) is 1.30. The molecule has 1 unspecified atom stereocenters. The molecule has 1 aromatic rings. The molecule has 0 saturated carbocycles. The molecule has 3 N–H and O–H groups in total. The summed E-state index contributed by atoms with van der Waals surface area (Å²) in [4.78, 5) is 23.3. The van der Waals surface area contributed by atoms with Gasteiger partial charge in [-0.15, -0.1) is 0 Å². The molecule has 0 radical (unpaired) electrons. The lowest BCUT2D eigenvalue weighted by Gasteiger charge is -2.19. The minimum absolute atomic E-state index is 0.141. The lowest BCUT2D eigenvalue weighted by molar-refractivity contribution is -0.145. The molecule has 0 heterocycles. The van der Waals surface area contributed by atoms with Crippen molar-refractivity contribution in [2.45, 2.75) is 38.8 Å². The maximum absolute atomic E-state index is 12.8. The molecule has 0 aliphatic rings. The van der Waals surface area contributed by atoms with Gasteiger partial charge in [0.2, 0.25) is 5.91 Å². The predicted octanol–water partition coefficient (Wildman–Crippen LogP) is 1.40. The number of amides is 1. The molecule has 0 spiro atoms. The summed E-state index contributed by atoms with van der Waals surface area (Å²) in [5.74, 6) is -1.43. The highest BCUT2D eigenvalue weighted by atomic mass is 19.1. The predicted molar refractivity (Wildman–Crippen MR) is 81.5 cm³/mol. The Hall–Kier alpha value is -1.95. The monoisotopic (exact) mass is 310 g/mol. The molecule has 22 heavy (non-hydrogen) atoms. The van der Waals surface area contributed by atoms with E-state index in [1.807, 2.05) is 6.92 Å². The van der Waals surface area contributed by atoms with Gasteiger partial charge in [0, 0.05) is 6.04 Å². The normalized spacial score (nSPS) is 14.8. The fourth-order valence-corrected chi connectivity index (χ4v) is 2.16. The van der Waals surface area contributed by atoms with E-state index < -0.39 is 12.0 Å². The Morgan fingerprint density at radius 3 is 2.41 bits per heavy atom. The van der Waals surface area contributed by atoms with Crippen molar-refractivity contribution >= 4 is 11.9 Å². The van der Waals surface area contributed by atoms with E-state index in [-0.39, 0.29) is 30.2 Å². The van der Waals surface area contributed by atoms with Crippen LogP contribution < -0.4 is 11.1 Å². The van der Waals surface area contributed by atoms with Crippen LogP contribution in [0, 0.1) is 11.7 Å². The van der Waals surface area contributed by atoms with Crippen LogP contribution >= 0.6 is 0 Å². The van der Waals surface area contributed by atoms with Gasteiger partial charge >= 0.3 is 5.97 Å². The van der Waals surface area contributed by atoms with Crippen LogP contribution in [0.4, 0.5) is 4.39 Å². The number of nitrogens with one attached hydrogen (secondary N) is 1. The minimum Gasteiger partial charge on any atom is -0.469 e. The van der Waals surface area contributed by atoms with Crippen LogP contribution in [0.25, 0.3) is 0 Å². The van der Waals surface area contributed by atoms with Crippen molar-refractivity contribution in [2.24, 2.45) is 11.7 Å². The van der Waals surface area contributed by atoms with E-state index in [9.17, 15) is 14.0 Å². The van der Waals surface area contributed by atoms with Gasteiger partial charge in [-0.3, -0.25) is 9.59 Å². The molecule has 0 aliphatic carbocycles. The second-order valence-electron chi connectivity index (χ2n) is 5.51.